The molecule has 2 rings (SSSR count). The van der Waals surface area contributed by atoms with Gasteiger partial charge in [0.15, 0.2) is 0 Å². The van der Waals surface area contributed by atoms with E-state index in [9.17, 15) is 19.6 Å². The van der Waals surface area contributed by atoms with Gasteiger partial charge in [0.05, 0.1) is 19.8 Å². The summed E-state index contributed by atoms with van der Waals surface area (Å²) in [5.41, 5.74) is 2.49. The molecule has 1 aromatic carbocycles. The molecule has 0 atom stereocenters. The third-order valence-corrected chi connectivity index (χ3v) is 5.15. The van der Waals surface area contributed by atoms with Crippen LogP contribution in [-0.4, -0.2) is 62.1 Å². The second kappa shape index (κ2) is 11.8. The molecule has 0 N–H and O–H groups in total. The van der Waals surface area contributed by atoms with E-state index < -0.39 is 17.8 Å². The summed E-state index contributed by atoms with van der Waals surface area (Å²) < 4.78 is 10.1. The van der Waals surface area contributed by atoms with E-state index in [2.05, 4.69) is 18.7 Å². The van der Waals surface area contributed by atoms with Gasteiger partial charge in [0.1, 0.15) is 18.2 Å². The molecular formula is C24H29N3O5. The highest BCUT2D eigenvalue weighted by Gasteiger charge is 2.35. The van der Waals surface area contributed by atoms with Crippen molar-refractivity contribution < 1.29 is 23.9 Å². The SMILES string of the molecule is CCN(CC)c1ccc(/C=C2/C(=O)N(CCOCCOC(C)=O)C(=O)C(C#N)=C2C)cc1. The third kappa shape index (κ3) is 6.05. The Morgan fingerprint density at radius 1 is 1.09 bits per heavy atom. The smallest absolute Gasteiger partial charge is 0.302 e. The highest BCUT2D eigenvalue weighted by atomic mass is 16.6. The van der Waals surface area contributed by atoms with Gasteiger partial charge in [-0.3, -0.25) is 19.3 Å². The standard InChI is InChI=1S/C24H29N3O5/c1-5-26(6-2)20-9-7-19(8-10-20)15-21-17(3)22(16-25)24(30)27(23(21)29)11-12-31-13-14-32-18(4)28/h7-10,15H,5-6,11-14H2,1-4H3/b21-15+. The third-order valence-electron chi connectivity index (χ3n) is 5.15. The Bertz CT molecular complexity index is 953. The largest absolute Gasteiger partial charge is 0.463 e. The lowest BCUT2D eigenvalue weighted by molar-refractivity contribution is -0.142. The zero-order valence-electron chi connectivity index (χ0n) is 19.0. The number of nitrogens with zero attached hydrogens (tertiary/aromatic N) is 3. The average molecular weight is 440 g/mol. The number of esters is 1. The number of carbonyl (C=O) groups excluding carboxylic acids is 3. The minimum absolute atomic E-state index is 0.00552. The number of carbonyl (C=O) groups is 3. The van der Waals surface area contributed by atoms with Crippen LogP contribution in [0, 0.1) is 11.3 Å². The molecule has 1 aliphatic rings. The molecule has 0 spiro atoms. The van der Waals surface area contributed by atoms with E-state index in [1.807, 2.05) is 30.3 Å². The Morgan fingerprint density at radius 3 is 2.31 bits per heavy atom. The van der Waals surface area contributed by atoms with Crippen LogP contribution < -0.4 is 4.90 Å². The zero-order chi connectivity index (χ0) is 23.7. The second-order valence-electron chi connectivity index (χ2n) is 7.15. The maximum atomic E-state index is 13.0. The van der Waals surface area contributed by atoms with Gasteiger partial charge in [-0.1, -0.05) is 12.1 Å². The van der Waals surface area contributed by atoms with Gasteiger partial charge in [0.25, 0.3) is 11.8 Å². The Hall–Kier alpha value is -3.44. The molecule has 170 valence electrons. The molecule has 0 bridgehead atoms. The summed E-state index contributed by atoms with van der Waals surface area (Å²) in [7, 11) is 0. The van der Waals surface area contributed by atoms with Crippen LogP contribution in [0.3, 0.4) is 0 Å². The Labute approximate surface area is 188 Å². The van der Waals surface area contributed by atoms with Crippen molar-refractivity contribution in [3.05, 3.63) is 46.5 Å². The molecule has 2 amide bonds. The van der Waals surface area contributed by atoms with E-state index in [0.717, 1.165) is 29.2 Å². The van der Waals surface area contributed by atoms with E-state index in [1.54, 1.807) is 13.0 Å². The van der Waals surface area contributed by atoms with Crippen molar-refractivity contribution in [3.8, 4) is 6.07 Å². The minimum atomic E-state index is -0.632. The summed E-state index contributed by atoms with van der Waals surface area (Å²) in [5.74, 6) is -1.51. The molecule has 0 aliphatic carbocycles. The summed E-state index contributed by atoms with van der Waals surface area (Å²) in [5, 5.41) is 9.49. The molecule has 1 heterocycles. The van der Waals surface area contributed by atoms with Crippen molar-refractivity contribution in [2.75, 3.05) is 44.4 Å². The van der Waals surface area contributed by atoms with Crippen LogP contribution >= 0.6 is 0 Å². The van der Waals surface area contributed by atoms with Gasteiger partial charge >= 0.3 is 5.97 Å². The van der Waals surface area contributed by atoms with Crippen molar-refractivity contribution >= 4 is 29.5 Å². The average Bonchev–Trinajstić information content (AvgIpc) is 2.77. The van der Waals surface area contributed by atoms with Gasteiger partial charge in [0, 0.05) is 31.3 Å². The number of imide groups is 1. The first-order valence-electron chi connectivity index (χ1n) is 10.6. The normalized spacial score (nSPS) is 15.2. The van der Waals surface area contributed by atoms with Crippen molar-refractivity contribution in [1.29, 1.82) is 5.26 Å². The summed E-state index contributed by atoms with van der Waals surface area (Å²) >= 11 is 0. The molecule has 0 unspecified atom stereocenters. The summed E-state index contributed by atoms with van der Waals surface area (Å²) in [6, 6.07) is 9.71. The van der Waals surface area contributed by atoms with Gasteiger partial charge < -0.3 is 14.4 Å². The molecular weight excluding hydrogens is 410 g/mol. The molecule has 1 aromatic rings. The number of amides is 2. The molecule has 1 aliphatic heterocycles. The van der Waals surface area contributed by atoms with Crippen LogP contribution in [0.1, 0.15) is 33.3 Å². The minimum Gasteiger partial charge on any atom is -0.463 e. The number of rotatable bonds is 10. The lowest BCUT2D eigenvalue weighted by atomic mass is 9.93. The molecule has 0 radical (unpaired) electrons. The van der Waals surface area contributed by atoms with E-state index in [0.29, 0.717) is 11.1 Å². The molecule has 0 saturated carbocycles. The quantitative estimate of drug-likeness (QED) is 0.239. The summed E-state index contributed by atoms with van der Waals surface area (Å²) in [6.07, 6.45) is 1.70. The topological polar surface area (TPSA) is 99.9 Å². The molecule has 0 aromatic heterocycles. The van der Waals surface area contributed by atoms with Crippen LogP contribution in [0.4, 0.5) is 5.69 Å². The molecule has 0 fully saturated rings. The maximum Gasteiger partial charge on any atom is 0.302 e. The zero-order valence-corrected chi connectivity index (χ0v) is 19.0. The van der Waals surface area contributed by atoms with Crippen molar-refractivity contribution in [2.24, 2.45) is 0 Å². The lowest BCUT2D eigenvalue weighted by Gasteiger charge is -2.27. The van der Waals surface area contributed by atoms with E-state index in [4.69, 9.17) is 9.47 Å². The number of nitriles is 1. The van der Waals surface area contributed by atoms with Gasteiger partial charge in [-0.05, 0) is 50.1 Å². The molecule has 32 heavy (non-hydrogen) atoms. The number of hydrogen-bond acceptors (Lipinski definition) is 7. The van der Waals surface area contributed by atoms with Gasteiger partial charge in [-0.2, -0.15) is 5.26 Å². The summed E-state index contributed by atoms with van der Waals surface area (Å²) in [4.78, 5) is 39.7. The van der Waals surface area contributed by atoms with E-state index in [-0.39, 0.29) is 31.9 Å². The van der Waals surface area contributed by atoms with Crippen LogP contribution in [0.25, 0.3) is 6.08 Å². The van der Waals surface area contributed by atoms with Crippen LogP contribution in [0.2, 0.25) is 0 Å². The monoisotopic (exact) mass is 439 g/mol. The van der Waals surface area contributed by atoms with Gasteiger partial charge in [0.2, 0.25) is 0 Å². The number of ether oxygens (including phenoxy) is 2. The predicted octanol–water partition coefficient (Wildman–Crippen LogP) is 2.70. The lowest BCUT2D eigenvalue weighted by Crippen LogP contribution is -2.44. The second-order valence-corrected chi connectivity index (χ2v) is 7.15. The molecule has 8 heteroatoms. The van der Waals surface area contributed by atoms with Gasteiger partial charge in [-0.25, -0.2) is 0 Å². The van der Waals surface area contributed by atoms with Crippen molar-refractivity contribution in [3.63, 3.8) is 0 Å². The van der Waals surface area contributed by atoms with E-state index >= 15 is 0 Å². The summed E-state index contributed by atoms with van der Waals surface area (Å²) in [6.45, 7) is 9.17. The van der Waals surface area contributed by atoms with Gasteiger partial charge in [-0.15, -0.1) is 0 Å². The number of hydrogen-bond donors (Lipinski definition) is 0. The van der Waals surface area contributed by atoms with Crippen LogP contribution in [0.5, 0.6) is 0 Å². The Morgan fingerprint density at radius 2 is 1.75 bits per heavy atom. The molecule has 8 nitrogen and oxygen atoms in total. The van der Waals surface area contributed by atoms with Crippen molar-refractivity contribution in [2.45, 2.75) is 27.7 Å². The Balaban J connectivity index is 2.20. The predicted molar refractivity (Wildman–Crippen MR) is 120 cm³/mol. The fourth-order valence-corrected chi connectivity index (χ4v) is 3.37. The van der Waals surface area contributed by atoms with Crippen molar-refractivity contribution in [1.82, 2.24) is 4.90 Å². The first-order chi connectivity index (χ1) is 15.3. The number of benzene rings is 1. The first kappa shape index (κ1) is 24.8. The fourth-order valence-electron chi connectivity index (χ4n) is 3.37. The molecule has 0 saturated heterocycles. The first-order valence-corrected chi connectivity index (χ1v) is 10.6. The van der Waals surface area contributed by atoms with Crippen LogP contribution in [0.15, 0.2) is 41.0 Å². The highest BCUT2D eigenvalue weighted by Crippen LogP contribution is 2.27. The van der Waals surface area contributed by atoms with Crippen LogP contribution in [-0.2, 0) is 23.9 Å². The number of anilines is 1. The maximum absolute atomic E-state index is 13.0. The Kier molecular flexibility index (Phi) is 9.17. The fraction of sp³-hybridized carbons (Fsp3) is 0.417. The highest BCUT2D eigenvalue weighted by molar-refractivity contribution is 6.19. The van der Waals surface area contributed by atoms with E-state index in [1.165, 1.54) is 6.92 Å².